The Hall–Kier alpha value is -0.260. The Morgan fingerprint density at radius 2 is 2.25 bits per heavy atom. The number of carbonyl (C=O) groups excluding carboxylic acids is 1. The van der Waals surface area contributed by atoms with Gasteiger partial charge in [0.1, 0.15) is 0 Å². The van der Waals surface area contributed by atoms with Crippen LogP contribution in [0.4, 0.5) is 0 Å². The molecule has 0 aliphatic carbocycles. The van der Waals surface area contributed by atoms with Crippen LogP contribution in [-0.4, -0.2) is 60.2 Å². The number of likely N-dealkylation sites (tertiary alicyclic amines) is 1. The third kappa shape index (κ3) is 3.49. The smallest absolute Gasteiger partial charge is 0.223 e. The predicted octanol–water partition coefficient (Wildman–Crippen LogP) is 1.64. The van der Waals surface area contributed by atoms with Gasteiger partial charge in [0.2, 0.25) is 5.91 Å². The van der Waals surface area contributed by atoms with Crippen molar-refractivity contribution in [3.05, 3.63) is 0 Å². The van der Waals surface area contributed by atoms with Crippen molar-refractivity contribution >= 4 is 17.7 Å². The van der Waals surface area contributed by atoms with Crippen molar-refractivity contribution in [2.24, 2.45) is 0 Å². The zero-order valence-corrected chi connectivity index (χ0v) is 13.1. The first kappa shape index (κ1) is 14.7. The first-order valence-electron chi connectivity index (χ1n) is 8.00. The van der Waals surface area contributed by atoms with Crippen LogP contribution in [0.3, 0.4) is 0 Å². The van der Waals surface area contributed by atoms with Gasteiger partial charge in [0.15, 0.2) is 0 Å². The lowest BCUT2D eigenvalue weighted by Gasteiger charge is -2.38. The van der Waals surface area contributed by atoms with E-state index < -0.39 is 0 Å². The molecular weight excluding hydrogens is 272 g/mol. The fourth-order valence-corrected chi connectivity index (χ4v) is 4.95. The Labute approximate surface area is 126 Å². The molecule has 2 unspecified atom stereocenters. The van der Waals surface area contributed by atoms with Crippen LogP contribution in [0, 0.1) is 0 Å². The van der Waals surface area contributed by atoms with Crippen molar-refractivity contribution in [2.75, 3.05) is 37.7 Å². The maximum absolute atomic E-state index is 12.0. The lowest BCUT2D eigenvalue weighted by atomic mass is 9.90. The highest BCUT2D eigenvalue weighted by molar-refractivity contribution is 7.99. The minimum atomic E-state index is 0.138. The maximum atomic E-state index is 12.0. The van der Waals surface area contributed by atoms with Crippen molar-refractivity contribution in [3.63, 3.8) is 0 Å². The summed E-state index contributed by atoms with van der Waals surface area (Å²) in [5, 5.41) is 3.59. The molecule has 3 saturated heterocycles. The second-order valence-electron chi connectivity index (χ2n) is 6.32. The monoisotopic (exact) mass is 298 g/mol. The number of hydrogen-bond donors (Lipinski definition) is 1. The van der Waals surface area contributed by atoms with Crippen molar-refractivity contribution in [1.29, 1.82) is 0 Å². The van der Waals surface area contributed by atoms with Crippen LogP contribution < -0.4 is 5.32 Å². The molecule has 3 rings (SSSR count). The molecule has 3 fully saturated rings. The highest BCUT2D eigenvalue weighted by atomic mass is 32.2. The van der Waals surface area contributed by atoms with E-state index in [0.29, 0.717) is 18.4 Å². The fraction of sp³-hybridized carbons (Fsp3) is 0.933. The van der Waals surface area contributed by atoms with E-state index in [-0.39, 0.29) is 5.60 Å². The summed E-state index contributed by atoms with van der Waals surface area (Å²) in [6.07, 6.45) is 6.42. The molecule has 0 aromatic heterocycles. The van der Waals surface area contributed by atoms with E-state index in [2.05, 4.69) is 5.32 Å². The van der Waals surface area contributed by atoms with Gasteiger partial charge in [0.05, 0.1) is 5.60 Å². The first-order valence-corrected chi connectivity index (χ1v) is 9.16. The lowest BCUT2D eigenvalue weighted by molar-refractivity contribution is -0.130. The third-order valence-corrected chi connectivity index (χ3v) is 6.01. The Morgan fingerprint density at radius 1 is 1.40 bits per heavy atom. The molecule has 2 atom stereocenters. The number of nitrogens with zero attached hydrogens (tertiary/aromatic N) is 1. The van der Waals surface area contributed by atoms with Crippen LogP contribution in [0.15, 0.2) is 0 Å². The van der Waals surface area contributed by atoms with Gasteiger partial charge in [-0.05, 0) is 37.9 Å². The number of hydrogen-bond acceptors (Lipinski definition) is 4. The first-order chi connectivity index (χ1) is 9.77. The van der Waals surface area contributed by atoms with Crippen LogP contribution in [0.5, 0.6) is 0 Å². The lowest BCUT2D eigenvalue weighted by Crippen LogP contribution is -2.47. The molecular formula is C15H26N2O2S. The molecule has 0 bridgehead atoms. The molecule has 114 valence electrons. The molecule has 0 saturated carbocycles. The highest BCUT2D eigenvalue weighted by Crippen LogP contribution is 2.38. The van der Waals surface area contributed by atoms with Crippen molar-refractivity contribution in [1.82, 2.24) is 10.2 Å². The topological polar surface area (TPSA) is 41.6 Å². The molecule has 20 heavy (non-hydrogen) atoms. The van der Waals surface area contributed by atoms with Crippen LogP contribution in [0.2, 0.25) is 0 Å². The Balaban J connectivity index is 1.38. The minimum absolute atomic E-state index is 0.138. The number of nitrogens with one attached hydrogen (secondary N) is 1. The largest absolute Gasteiger partial charge is 0.374 e. The van der Waals surface area contributed by atoms with Crippen LogP contribution in [0.1, 0.15) is 38.5 Å². The number of thioether (sulfide) groups is 1. The number of rotatable bonds is 4. The average Bonchev–Trinajstić information content (AvgIpc) is 3.11. The predicted molar refractivity (Wildman–Crippen MR) is 82.1 cm³/mol. The summed E-state index contributed by atoms with van der Waals surface area (Å²) in [4.78, 5) is 14.0. The van der Waals surface area contributed by atoms with Gasteiger partial charge in [0.25, 0.3) is 0 Å². The average molecular weight is 298 g/mol. The van der Waals surface area contributed by atoms with Crippen LogP contribution in [0.25, 0.3) is 0 Å². The second-order valence-corrected chi connectivity index (χ2v) is 7.42. The summed E-state index contributed by atoms with van der Waals surface area (Å²) < 4.78 is 6.03. The van der Waals surface area contributed by atoms with Gasteiger partial charge < -0.3 is 15.0 Å². The van der Waals surface area contributed by atoms with Crippen molar-refractivity contribution in [2.45, 2.75) is 50.2 Å². The molecule has 4 nitrogen and oxygen atoms in total. The molecule has 0 aromatic rings. The molecule has 3 heterocycles. The van der Waals surface area contributed by atoms with Gasteiger partial charge in [-0.25, -0.2) is 0 Å². The quantitative estimate of drug-likeness (QED) is 0.857. The molecule has 5 heteroatoms. The summed E-state index contributed by atoms with van der Waals surface area (Å²) in [5.41, 5.74) is 0.138. The van der Waals surface area contributed by atoms with Gasteiger partial charge in [-0.3, -0.25) is 4.79 Å². The van der Waals surface area contributed by atoms with E-state index in [0.717, 1.165) is 44.8 Å². The van der Waals surface area contributed by atoms with Crippen LogP contribution in [-0.2, 0) is 9.53 Å². The van der Waals surface area contributed by atoms with Crippen molar-refractivity contribution in [3.8, 4) is 0 Å². The standard InChI is InChI=1S/C15H26N2O2S/c18-14(17-7-1-2-8-17)3-6-16-13-4-9-19-15(11-13)5-10-20-12-15/h13,16H,1-12H2. The second kappa shape index (κ2) is 6.67. The van der Waals surface area contributed by atoms with Gasteiger partial charge in [-0.15, -0.1) is 0 Å². The SMILES string of the molecule is O=C(CCNC1CCOC2(CCSC2)C1)N1CCCC1. The molecule has 0 radical (unpaired) electrons. The highest BCUT2D eigenvalue weighted by Gasteiger charge is 2.40. The summed E-state index contributed by atoms with van der Waals surface area (Å²) >= 11 is 2.01. The van der Waals surface area contributed by atoms with Crippen molar-refractivity contribution < 1.29 is 9.53 Å². The van der Waals surface area contributed by atoms with Crippen LogP contribution >= 0.6 is 11.8 Å². The number of carbonyl (C=O) groups is 1. The van der Waals surface area contributed by atoms with E-state index in [9.17, 15) is 4.79 Å². The molecule has 3 aliphatic heterocycles. The summed E-state index contributed by atoms with van der Waals surface area (Å²) in [6.45, 7) is 3.63. The molecule has 1 N–H and O–H groups in total. The van der Waals surface area contributed by atoms with Gasteiger partial charge in [-0.1, -0.05) is 0 Å². The normalized spacial score (nSPS) is 34.0. The summed E-state index contributed by atoms with van der Waals surface area (Å²) in [6, 6.07) is 0.536. The van der Waals surface area contributed by atoms with E-state index in [1.807, 2.05) is 16.7 Å². The Bertz CT molecular complexity index is 339. The zero-order chi connectivity index (χ0) is 13.8. The van der Waals surface area contributed by atoms with Gasteiger partial charge in [0, 0.05) is 44.5 Å². The van der Waals surface area contributed by atoms with E-state index in [1.165, 1.54) is 25.0 Å². The minimum Gasteiger partial charge on any atom is -0.374 e. The van der Waals surface area contributed by atoms with E-state index >= 15 is 0 Å². The molecule has 3 aliphatic rings. The molecule has 1 spiro atoms. The Morgan fingerprint density at radius 3 is 3.00 bits per heavy atom. The maximum Gasteiger partial charge on any atom is 0.223 e. The molecule has 0 aromatic carbocycles. The number of ether oxygens (including phenoxy) is 1. The summed E-state index contributed by atoms with van der Waals surface area (Å²) in [7, 11) is 0. The van der Waals surface area contributed by atoms with Gasteiger partial charge >= 0.3 is 0 Å². The van der Waals surface area contributed by atoms with E-state index in [4.69, 9.17) is 4.74 Å². The molecule has 1 amide bonds. The zero-order valence-electron chi connectivity index (χ0n) is 12.2. The van der Waals surface area contributed by atoms with E-state index in [1.54, 1.807) is 0 Å². The number of amides is 1. The Kier molecular flexibility index (Phi) is 4.89. The third-order valence-electron chi connectivity index (χ3n) is 4.79. The fourth-order valence-electron chi connectivity index (χ4n) is 3.57. The summed E-state index contributed by atoms with van der Waals surface area (Å²) in [5.74, 6) is 2.71. The van der Waals surface area contributed by atoms with Gasteiger partial charge in [-0.2, -0.15) is 11.8 Å².